The molecule has 0 saturated carbocycles. The summed E-state index contributed by atoms with van der Waals surface area (Å²) in [5.74, 6) is 0. The van der Waals surface area contributed by atoms with Gasteiger partial charge in [0.2, 0.25) is 0 Å². The van der Waals surface area contributed by atoms with Crippen molar-refractivity contribution in [3.63, 3.8) is 0 Å². The fourth-order valence-electron chi connectivity index (χ4n) is 1.45. The second-order valence-electron chi connectivity index (χ2n) is 3.24. The molecule has 0 aliphatic rings. The van der Waals surface area contributed by atoms with Crippen LogP contribution in [-0.4, -0.2) is 13.4 Å². The molecule has 3 nitrogen and oxygen atoms in total. The summed E-state index contributed by atoms with van der Waals surface area (Å²) in [6.07, 6.45) is 0. The molecule has 5 heteroatoms. The van der Waals surface area contributed by atoms with Gasteiger partial charge in [-0.1, -0.05) is 22.1 Å². The topological polar surface area (TPSA) is 47.0 Å². The third-order valence-corrected chi connectivity index (χ3v) is 2.97. The summed E-state index contributed by atoms with van der Waals surface area (Å²) < 4.78 is 34.4. The molecule has 0 aliphatic carbocycles. The number of aryl methyl sites for hydroxylation is 1. The zero-order chi connectivity index (χ0) is 11.1. The van der Waals surface area contributed by atoms with Crippen LogP contribution in [0, 0.1) is 6.92 Å². The highest BCUT2D eigenvalue weighted by Gasteiger charge is 2.17. The zero-order valence-electron chi connectivity index (χ0n) is 7.94. The Morgan fingerprint density at radius 3 is 2.60 bits per heavy atom. The third kappa shape index (κ3) is 1.83. The minimum absolute atomic E-state index is 0.316. The van der Waals surface area contributed by atoms with Crippen LogP contribution in [0.2, 0.25) is 0 Å². The van der Waals surface area contributed by atoms with Crippen molar-refractivity contribution in [3.8, 4) is 0 Å². The fourth-order valence-corrected chi connectivity index (χ4v) is 2.10. The molecular weight excluding hydrogens is 217 g/mol. The summed E-state index contributed by atoms with van der Waals surface area (Å²) >= 11 is 0. The van der Waals surface area contributed by atoms with Crippen molar-refractivity contribution in [2.75, 3.05) is 0 Å². The minimum Gasteiger partial charge on any atom is -0.233 e. The summed E-state index contributed by atoms with van der Waals surface area (Å²) in [6.45, 7) is 1.52. The van der Waals surface area contributed by atoms with Gasteiger partial charge < -0.3 is 0 Å². The number of para-hydroxylation sites is 1. The Balaban J connectivity index is 2.84. The number of fused-ring (bicyclic) bond motifs is 1. The summed E-state index contributed by atoms with van der Waals surface area (Å²) in [7, 11) is -4.74. The molecule has 0 fully saturated rings. The molecule has 2 rings (SSSR count). The molecule has 2 aromatic rings. The van der Waals surface area contributed by atoms with Gasteiger partial charge >= 0.3 is 10.2 Å². The maximum absolute atomic E-state index is 12.8. The van der Waals surface area contributed by atoms with Crippen molar-refractivity contribution in [2.45, 2.75) is 11.9 Å². The van der Waals surface area contributed by atoms with Crippen molar-refractivity contribution >= 4 is 21.1 Å². The van der Waals surface area contributed by atoms with E-state index in [-0.39, 0.29) is 0 Å². The minimum atomic E-state index is -4.74. The molecule has 0 atom stereocenters. The van der Waals surface area contributed by atoms with Crippen LogP contribution in [0.4, 0.5) is 3.89 Å². The lowest BCUT2D eigenvalue weighted by molar-refractivity contribution is 0.547. The molecule has 1 aromatic carbocycles. The molecular formula is C10H8FNO2S. The normalized spacial score (nSPS) is 11.9. The predicted octanol–water partition coefficient (Wildman–Crippen LogP) is 2.20. The highest BCUT2D eigenvalue weighted by atomic mass is 32.3. The second kappa shape index (κ2) is 3.27. The first-order chi connectivity index (χ1) is 6.98. The standard InChI is InChI=1S/C10H8FNO2S/c1-7-6-8-4-2-3-5-9(8)12-10(7)15(11,13)14/h2-6H,1H3. The molecule has 1 aromatic heterocycles. The number of hydrogen-bond donors (Lipinski definition) is 0. The van der Waals surface area contributed by atoms with Crippen LogP contribution in [0.1, 0.15) is 5.56 Å². The van der Waals surface area contributed by atoms with Crippen molar-refractivity contribution in [3.05, 3.63) is 35.9 Å². The number of nitrogens with zero attached hydrogens (tertiary/aromatic N) is 1. The van der Waals surface area contributed by atoms with Gasteiger partial charge in [0.15, 0.2) is 5.03 Å². The third-order valence-electron chi connectivity index (χ3n) is 2.10. The van der Waals surface area contributed by atoms with Crippen LogP contribution in [0.3, 0.4) is 0 Å². The first-order valence-corrected chi connectivity index (χ1v) is 5.68. The Bertz CT molecular complexity index is 622. The van der Waals surface area contributed by atoms with Gasteiger partial charge in [-0.3, -0.25) is 0 Å². The summed E-state index contributed by atoms with van der Waals surface area (Å²) in [5, 5.41) is 0.295. The highest BCUT2D eigenvalue weighted by Crippen LogP contribution is 2.20. The molecule has 0 bridgehead atoms. The molecule has 0 radical (unpaired) electrons. The van der Waals surface area contributed by atoms with Crippen molar-refractivity contribution in [1.29, 1.82) is 0 Å². The molecule has 0 saturated heterocycles. The molecule has 78 valence electrons. The number of rotatable bonds is 1. The maximum Gasteiger partial charge on any atom is 0.350 e. The van der Waals surface area contributed by atoms with E-state index in [0.29, 0.717) is 11.1 Å². The average molecular weight is 225 g/mol. The van der Waals surface area contributed by atoms with E-state index >= 15 is 0 Å². The number of halogens is 1. The summed E-state index contributed by atoms with van der Waals surface area (Å²) in [4.78, 5) is 3.78. The van der Waals surface area contributed by atoms with E-state index in [1.165, 1.54) is 6.92 Å². The molecule has 0 aliphatic heterocycles. The lowest BCUT2D eigenvalue weighted by atomic mass is 10.2. The number of benzene rings is 1. The molecule has 0 unspecified atom stereocenters. The van der Waals surface area contributed by atoms with Crippen LogP contribution < -0.4 is 0 Å². The molecule has 15 heavy (non-hydrogen) atoms. The Morgan fingerprint density at radius 2 is 1.93 bits per heavy atom. The smallest absolute Gasteiger partial charge is 0.233 e. The van der Waals surface area contributed by atoms with E-state index in [9.17, 15) is 12.3 Å². The van der Waals surface area contributed by atoms with E-state index in [1.54, 1.807) is 24.3 Å². The highest BCUT2D eigenvalue weighted by molar-refractivity contribution is 7.86. The van der Waals surface area contributed by atoms with Crippen LogP contribution in [0.15, 0.2) is 35.4 Å². The zero-order valence-corrected chi connectivity index (χ0v) is 8.75. The van der Waals surface area contributed by atoms with Gasteiger partial charge in [-0.2, -0.15) is 8.42 Å². The van der Waals surface area contributed by atoms with E-state index in [2.05, 4.69) is 4.98 Å². The van der Waals surface area contributed by atoms with Crippen LogP contribution in [0.5, 0.6) is 0 Å². The Morgan fingerprint density at radius 1 is 1.27 bits per heavy atom. The van der Waals surface area contributed by atoms with Crippen LogP contribution in [-0.2, 0) is 10.2 Å². The molecule has 0 spiro atoms. The van der Waals surface area contributed by atoms with E-state index in [4.69, 9.17) is 0 Å². The van der Waals surface area contributed by atoms with Crippen LogP contribution in [0.25, 0.3) is 10.9 Å². The molecule has 0 N–H and O–H groups in total. The fraction of sp³-hybridized carbons (Fsp3) is 0.100. The average Bonchev–Trinajstić information content (AvgIpc) is 2.15. The number of pyridine rings is 1. The molecule has 0 amide bonds. The quantitative estimate of drug-likeness (QED) is 0.699. The summed E-state index contributed by atoms with van der Waals surface area (Å²) in [5.41, 5.74) is 0.788. The SMILES string of the molecule is Cc1cc2ccccc2nc1S(=O)(=O)F. The van der Waals surface area contributed by atoms with E-state index in [0.717, 1.165) is 5.39 Å². The largest absolute Gasteiger partial charge is 0.350 e. The summed E-state index contributed by atoms with van der Waals surface area (Å²) in [6, 6.07) is 8.58. The van der Waals surface area contributed by atoms with Crippen molar-refractivity contribution in [2.24, 2.45) is 0 Å². The Kier molecular flexibility index (Phi) is 2.19. The van der Waals surface area contributed by atoms with Gasteiger partial charge in [0.25, 0.3) is 0 Å². The molecule has 1 heterocycles. The van der Waals surface area contributed by atoms with Gasteiger partial charge in [0.05, 0.1) is 5.52 Å². The van der Waals surface area contributed by atoms with Gasteiger partial charge in [0, 0.05) is 5.39 Å². The Hall–Kier alpha value is -1.49. The van der Waals surface area contributed by atoms with Gasteiger partial charge in [-0.15, -0.1) is 0 Å². The van der Waals surface area contributed by atoms with E-state index < -0.39 is 15.2 Å². The van der Waals surface area contributed by atoms with Gasteiger partial charge in [0.1, 0.15) is 0 Å². The van der Waals surface area contributed by atoms with Gasteiger partial charge in [-0.05, 0) is 24.6 Å². The monoisotopic (exact) mass is 225 g/mol. The van der Waals surface area contributed by atoms with E-state index in [1.807, 2.05) is 6.07 Å². The number of hydrogen-bond acceptors (Lipinski definition) is 3. The second-order valence-corrected chi connectivity index (χ2v) is 4.50. The first kappa shape index (κ1) is 10.0. The lowest BCUT2D eigenvalue weighted by Gasteiger charge is -2.02. The first-order valence-electron chi connectivity index (χ1n) is 4.29. The predicted molar refractivity (Wildman–Crippen MR) is 54.8 cm³/mol. The van der Waals surface area contributed by atoms with Crippen molar-refractivity contribution < 1.29 is 12.3 Å². The number of aromatic nitrogens is 1. The Labute approximate surface area is 86.8 Å². The maximum atomic E-state index is 12.8. The lowest BCUT2D eigenvalue weighted by Crippen LogP contribution is -1.99. The van der Waals surface area contributed by atoms with Crippen molar-refractivity contribution in [1.82, 2.24) is 4.98 Å². The van der Waals surface area contributed by atoms with Gasteiger partial charge in [-0.25, -0.2) is 4.98 Å². The van der Waals surface area contributed by atoms with Crippen LogP contribution >= 0.6 is 0 Å².